The molecule has 1 aromatic rings. The zero-order valence-corrected chi connectivity index (χ0v) is 8.80. The van der Waals surface area contributed by atoms with Gasteiger partial charge in [0.15, 0.2) is 0 Å². The molecule has 0 heterocycles. The van der Waals surface area contributed by atoms with Gasteiger partial charge in [-0.1, -0.05) is 18.2 Å². The Morgan fingerprint density at radius 1 is 1.40 bits per heavy atom. The second kappa shape index (κ2) is 7.79. The summed E-state index contributed by atoms with van der Waals surface area (Å²) < 4.78 is 16.0. The van der Waals surface area contributed by atoms with E-state index < -0.39 is 0 Å². The van der Waals surface area contributed by atoms with Gasteiger partial charge in [0.25, 0.3) is 0 Å². The van der Waals surface area contributed by atoms with Gasteiger partial charge in [-0.3, -0.25) is 0 Å². The molecule has 0 amide bonds. The Balaban J connectivity index is 0. The first kappa shape index (κ1) is 13.4. The lowest BCUT2D eigenvalue weighted by Crippen LogP contribution is -2.09. The van der Waals surface area contributed by atoms with Crippen LogP contribution in [0.4, 0.5) is 9.15 Å². The molecule has 0 spiro atoms. The summed E-state index contributed by atoms with van der Waals surface area (Å²) >= 11 is 0. The largest absolute Gasteiger partial charge is 0.508 e. The summed E-state index contributed by atoms with van der Waals surface area (Å²) in [6.07, 6.45) is 2.03. The summed E-state index contributed by atoms with van der Waals surface area (Å²) in [5.41, 5.74) is 2.33. The minimum absolute atomic E-state index is 0. The zero-order valence-electron chi connectivity index (χ0n) is 8.80. The minimum atomic E-state index is 0. The van der Waals surface area contributed by atoms with E-state index in [9.17, 15) is 0 Å². The summed E-state index contributed by atoms with van der Waals surface area (Å²) in [5.74, 6) is 0.312. The number of allylic oxidation sites excluding steroid dienone is 2. The summed E-state index contributed by atoms with van der Waals surface area (Å²) in [6, 6.07) is 7.21. The Hall–Kier alpha value is -1.58. The van der Waals surface area contributed by atoms with Gasteiger partial charge < -0.3 is 10.4 Å². The molecular weight excluding hydrogens is 200 g/mol. The van der Waals surface area contributed by atoms with Crippen LogP contribution in [-0.4, -0.2) is 5.11 Å². The Kier molecular flexibility index (Phi) is 6.97. The lowest BCUT2D eigenvalue weighted by molar-refractivity contribution is 0.108. The van der Waals surface area contributed by atoms with E-state index in [1.807, 2.05) is 32.1 Å². The molecule has 0 atom stereocenters. The average molecular weight is 217 g/mol. The van der Waals surface area contributed by atoms with Gasteiger partial charge in [0, 0.05) is 22.8 Å². The third-order valence-electron chi connectivity index (χ3n) is 1.94. The molecule has 15 heavy (non-hydrogen) atoms. The van der Waals surface area contributed by atoms with Gasteiger partial charge in [0.2, 0.25) is 0 Å². The number of hydrogen-bond donors (Lipinski definition) is 2. The van der Waals surface area contributed by atoms with E-state index in [4.69, 9.17) is 14.3 Å². The van der Waals surface area contributed by atoms with Crippen molar-refractivity contribution in [1.82, 2.24) is 5.32 Å². The van der Waals surface area contributed by atoms with Gasteiger partial charge in [0.05, 0.1) is 0 Å². The first-order valence-corrected chi connectivity index (χ1v) is 4.51. The third kappa shape index (κ3) is 5.67. The summed E-state index contributed by atoms with van der Waals surface area (Å²) in [5, 5.41) is 12.3. The van der Waals surface area contributed by atoms with Crippen molar-refractivity contribution in [1.29, 1.82) is 0 Å². The summed E-state index contributed by atoms with van der Waals surface area (Å²) in [7, 11) is 0. The maximum absolute atomic E-state index is 9.05. The molecule has 0 fully saturated rings. The summed E-state index contributed by atoms with van der Waals surface area (Å²) in [4.78, 5) is 0. The molecule has 2 N–H and O–H groups in total. The zero-order chi connectivity index (χ0) is 11.7. The van der Waals surface area contributed by atoms with Crippen molar-refractivity contribution in [3.8, 4) is 5.75 Å². The van der Waals surface area contributed by atoms with Crippen molar-refractivity contribution < 1.29 is 15.7 Å². The first-order chi connectivity index (χ1) is 7.22. The molecule has 0 radical (unpaired) electrons. The van der Waals surface area contributed by atoms with Crippen molar-refractivity contribution >= 4 is 0 Å². The molecule has 0 saturated carbocycles. The van der Waals surface area contributed by atoms with Crippen LogP contribution in [0.1, 0.15) is 20.8 Å². The number of aromatic hydroxyl groups is 1. The molecule has 1 rings (SSSR count). The molecule has 0 aliphatic heterocycles. The van der Waals surface area contributed by atoms with Gasteiger partial charge in [-0.25, -0.2) is 0 Å². The van der Waals surface area contributed by atoms with Crippen LogP contribution in [0.5, 0.6) is 5.75 Å². The SMILES string of the molecule is C/C=C(\C)NCc1ccc(O)cc1.FF.[HH]. The molecule has 0 unspecified atom stereocenters. The van der Waals surface area contributed by atoms with Crippen LogP contribution in [0.15, 0.2) is 36.0 Å². The number of phenolic OH excluding ortho intramolecular Hbond substituents is 1. The lowest BCUT2D eigenvalue weighted by atomic mass is 10.2. The van der Waals surface area contributed by atoms with E-state index in [0.717, 1.165) is 12.2 Å². The first-order valence-electron chi connectivity index (χ1n) is 4.51. The van der Waals surface area contributed by atoms with Gasteiger partial charge in [0.1, 0.15) is 5.75 Å². The van der Waals surface area contributed by atoms with Crippen LogP contribution >= 0.6 is 0 Å². The van der Waals surface area contributed by atoms with E-state index in [1.165, 1.54) is 5.56 Å². The average Bonchev–Trinajstić information content (AvgIpc) is 2.30. The van der Waals surface area contributed by atoms with E-state index >= 15 is 0 Å². The molecule has 0 aromatic heterocycles. The molecule has 0 saturated heterocycles. The molecule has 1 aromatic carbocycles. The number of hydrogen-bond acceptors (Lipinski definition) is 2. The highest BCUT2D eigenvalue weighted by atomic mass is 20.0. The maximum Gasteiger partial charge on any atom is 0.115 e. The predicted octanol–water partition coefficient (Wildman–Crippen LogP) is 3.49. The number of nitrogens with one attached hydrogen (secondary N) is 1. The Bertz CT molecular complexity index is 301. The van der Waals surface area contributed by atoms with Crippen LogP contribution < -0.4 is 5.32 Å². The highest BCUT2D eigenvalue weighted by Gasteiger charge is 1.92. The topological polar surface area (TPSA) is 32.3 Å². The van der Waals surface area contributed by atoms with Crippen LogP contribution in [0, 0.1) is 0 Å². The highest BCUT2D eigenvalue weighted by molar-refractivity contribution is 5.26. The van der Waals surface area contributed by atoms with Crippen LogP contribution in [0.2, 0.25) is 0 Å². The predicted molar refractivity (Wildman–Crippen MR) is 58.7 cm³/mol. The van der Waals surface area contributed by atoms with Crippen molar-refractivity contribution in [3.05, 3.63) is 41.6 Å². The number of rotatable bonds is 3. The quantitative estimate of drug-likeness (QED) is 0.812. The van der Waals surface area contributed by atoms with Crippen LogP contribution in [-0.2, 0) is 6.54 Å². The number of benzene rings is 1. The normalized spacial score (nSPS) is 10.3. The van der Waals surface area contributed by atoms with Crippen LogP contribution in [0.25, 0.3) is 0 Å². The fraction of sp³-hybridized carbons (Fsp3) is 0.273. The van der Waals surface area contributed by atoms with Crippen molar-refractivity contribution in [2.75, 3.05) is 0 Å². The number of phenols is 1. The minimum Gasteiger partial charge on any atom is -0.508 e. The number of halogens is 2. The van der Waals surface area contributed by atoms with Gasteiger partial charge in [-0.15, -0.1) is 0 Å². The maximum atomic E-state index is 9.05. The summed E-state index contributed by atoms with van der Waals surface area (Å²) in [6.45, 7) is 4.83. The van der Waals surface area contributed by atoms with Gasteiger partial charge >= 0.3 is 0 Å². The molecule has 0 aliphatic rings. The van der Waals surface area contributed by atoms with Gasteiger partial charge in [-0.2, -0.15) is 0 Å². The monoisotopic (exact) mass is 217 g/mol. The molecule has 2 nitrogen and oxygen atoms in total. The second-order valence-electron chi connectivity index (χ2n) is 2.99. The van der Waals surface area contributed by atoms with Crippen molar-refractivity contribution in [3.63, 3.8) is 0 Å². The van der Waals surface area contributed by atoms with E-state index in [2.05, 4.69) is 5.32 Å². The fourth-order valence-electron chi connectivity index (χ4n) is 0.957. The van der Waals surface area contributed by atoms with Gasteiger partial charge in [-0.05, 0) is 31.5 Å². The Labute approximate surface area is 89.6 Å². The van der Waals surface area contributed by atoms with E-state index in [1.54, 1.807) is 12.1 Å². The van der Waals surface area contributed by atoms with E-state index in [0.29, 0.717) is 5.75 Å². The van der Waals surface area contributed by atoms with Crippen LogP contribution in [0.3, 0.4) is 0 Å². The second-order valence-corrected chi connectivity index (χ2v) is 2.99. The Morgan fingerprint density at radius 3 is 2.40 bits per heavy atom. The van der Waals surface area contributed by atoms with E-state index in [-0.39, 0.29) is 1.43 Å². The Morgan fingerprint density at radius 2 is 1.93 bits per heavy atom. The molecule has 0 bridgehead atoms. The molecule has 0 aliphatic carbocycles. The molecule has 86 valence electrons. The fourth-order valence-corrected chi connectivity index (χ4v) is 0.957. The van der Waals surface area contributed by atoms with Crippen molar-refractivity contribution in [2.24, 2.45) is 0 Å². The van der Waals surface area contributed by atoms with Crippen molar-refractivity contribution in [2.45, 2.75) is 20.4 Å². The molecule has 4 heteroatoms. The lowest BCUT2D eigenvalue weighted by Gasteiger charge is -2.05. The molecular formula is C11H17F2NO. The smallest absolute Gasteiger partial charge is 0.115 e. The standard InChI is InChI=1S/C11H15NO.F2.H2/c1-3-9(2)12-8-10-4-6-11(13)7-5-10;1-2;/h3-7,12-13H,8H2,1-2H3;;1H/b9-3+;;. The third-order valence-corrected chi connectivity index (χ3v) is 1.94. The highest BCUT2D eigenvalue weighted by Crippen LogP contribution is 2.09.